The van der Waals surface area contributed by atoms with E-state index in [1.807, 2.05) is 0 Å². The molecule has 0 unspecified atom stereocenters. The van der Waals surface area contributed by atoms with Crippen molar-refractivity contribution < 1.29 is 18.9 Å². The summed E-state index contributed by atoms with van der Waals surface area (Å²) in [4.78, 5) is 28.0. The summed E-state index contributed by atoms with van der Waals surface area (Å²) in [5.74, 6) is -0.336. The van der Waals surface area contributed by atoms with Crippen LogP contribution >= 0.6 is 0 Å². The van der Waals surface area contributed by atoms with Gasteiger partial charge in [-0.1, -0.05) is 0 Å². The molecule has 0 aliphatic carbocycles. The number of aromatic nitrogens is 1. The van der Waals surface area contributed by atoms with Gasteiger partial charge in [0.05, 0.1) is 5.56 Å². The highest BCUT2D eigenvalue weighted by molar-refractivity contribution is 7.85. The standard InChI is InChI=1S/C11H12N2O4S/c14-10(13-3-5-18(17)6-4-13)8-1-2-9(11(15)16)12-7-8/h1-2,7H,3-6H2,(H,15,16). The molecule has 1 aliphatic heterocycles. The third kappa shape index (κ3) is 2.73. The van der Waals surface area contributed by atoms with E-state index in [4.69, 9.17) is 5.11 Å². The van der Waals surface area contributed by atoms with Crippen molar-refractivity contribution in [2.75, 3.05) is 24.6 Å². The molecule has 1 aromatic heterocycles. The maximum absolute atomic E-state index is 12.0. The van der Waals surface area contributed by atoms with Gasteiger partial charge in [0, 0.05) is 41.6 Å². The molecule has 2 rings (SSSR count). The van der Waals surface area contributed by atoms with Gasteiger partial charge >= 0.3 is 5.97 Å². The molecule has 18 heavy (non-hydrogen) atoms. The first-order chi connectivity index (χ1) is 8.58. The van der Waals surface area contributed by atoms with E-state index in [-0.39, 0.29) is 11.6 Å². The van der Waals surface area contributed by atoms with Gasteiger partial charge < -0.3 is 10.0 Å². The zero-order chi connectivity index (χ0) is 13.1. The van der Waals surface area contributed by atoms with Crippen LogP contribution in [-0.4, -0.2) is 55.7 Å². The zero-order valence-electron chi connectivity index (χ0n) is 9.54. The summed E-state index contributed by atoms with van der Waals surface area (Å²) in [6.07, 6.45) is 1.26. The van der Waals surface area contributed by atoms with Gasteiger partial charge in [-0.15, -0.1) is 0 Å². The third-order valence-corrected chi connectivity index (χ3v) is 3.97. The van der Waals surface area contributed by atoms with E-state index in [0.717, 1.165) is 0 Å². The molecule has 1 amide bonds. The van der Waals surface area contributed by atoms with Crippen LogP contribution < -0.4 is 0 Å². The molecule has 7 heteroatoms. The molecule has 96 valence electrons. The number of hydrogen-bond donors (Lipinski definition) is 1. The third-order valence-electron chi connectivity index (χ3n) is 2.69. The Morgan fingerprint density at radius 1 is 1.28 bits per heavy atom. The van der Waals surface area contributed by atoms with Gasteiger partial charge in [0.2, 0.25) is 0 Å². The lowest BCUT2D eigenvalue weighted by atomic mass is 10.2. The molecule has 1 saturated heterocycles. The Morgan fingerprint density at radius 3 is 2.44 bits per heavy atom. The van der Waals surface area contributed by atoms with Crippen molar-refractivity contribution >= 4 is 22.7 Å². The molecule has 2 heterocycles. The van der Waals surface area contributed by atoms with Crippen LogP contribution in [0.5, 0.6) is 0 Å². The van der Waals surface area contributed by atoms with Crippen molar-refractivity contribution in [3.63, 3.8) is 0 Å². The number of hydrogen-bond acceptors (Lipinski definition) is 4. The number of carboxylic acid groups (broad SMARTS) is 1. The van der Waals surface area contributed by atoms with Gasteiger partial charge in [-0.2, -0.15) is 0 Å². The van der Waals surface area contributed by atoms with Crippen LogP contribution in [0, 0.1) is 0 Å². The second-order valence-electron chi connectivity index (χ2n) is 3.88. The molecule has 1 fully saturated rings. The Hall–Kier alpha value is -1.76. The van der Waals surface area contributed by atoms with Crippen molar-refractivity contribution in [1.82, 2.24) is 9.88 Å². The van der Waals surface area contributed by atoms with Gasteiger partial charge in [0.1, 0.15) is 5.69 Å². The predicted octanol–water partition coefficient (Wildman–Crippen LogP) is -0.0157. The minimum Gasteiger partial charge on any atom is -0.477 e. The fraction of sp³-hybridized carbons (Fsp3) is 0.364. The number of rotatable bonds is 2. The lowest BCUT2D eigenvalue weighted by molar-refractivity contribution is 0.0687. The summed E-state index contributed by atoms with van der Waals surface area (Å²) in [5, 5.41) is 8.70. The van der Waals surface area contributed by atoms with Gasteiger partial charge in [-0.3, -0.25) is 9.00 Å². The minimum atomic E-state index is -1.12. The average molecular weight is 268 g/mol. The number of carbonyl (C=O) groups is 2. The Kier molecular flexibility index (Phi) is 3.71. The maximum atomic E-state index is 12.0. The Balaban J connectivity index is 2.09. The normalized spacial score (nSPS) is 16.6. The Bertz CT molecular complexity index is 490. The maximum Gasteiger partial charge on any atom is 0.354 e. The molecule has 1 N–H and O–H groups in total. The van der Waals surface area contributed by atoms with Crippen LogP contribution in [0.2, 0.25) is 0 Å². The molecule has 6 nitrogen and oxygen atoms in total. The van der Waals surface area contributed by atoms with Crippen molar-refractivity contribution in [2.24, 2.45) is 0 Å². The number of carboxylic acids is 1. The van der Waals surface area contributed by atoms with Crippen LogP contribution in [0.1, 0.15) is 20.8 Å². The van der Waals surface area contributed by atoms with Crippen molar-refractivity contribution in [3.05, 3.63) is 29.6 Å². The smallest absolute Gasteiger partial charge is 0.354 e. The lowest BCUT2D eigenvalue weighted by Gasteiger charge is -2.26. The predicted molar refractivity (Wildman–Crippen MR) is 65.0 cm³/mol. The number of pyridine rings is 1. The molecule has 0 atom stereocenters. The topological polar surface area (TPSA) is 87.6 Å². The average Bonchev–Trinajstić information content (AvgIpc) is 2.39. The summed E-state index contributed by atoms with van der Waals surface area (Å²) in [6.45, 7) is 0.929. The van der Waals surface area contributed by atoms with Crippen LogP contribution in [0.25, 0.3) is 0 Å². The van der Waals surface area contributed by atoms with Crippen molar-refractivity contribution in [2.45, 2.75) is 0 Å². The lowest BCUT2D eigenvalue weighted by Crippen LogP contribution is -2.41. The van der Waals surface area contributed by atoms with Crippen molar-refractivity contribution in [1.29, 1.82) is 0 Å². The highest BCUT2D eigenvalue weighted by Gasteiger charge is 2.21. The Labute approximate surface area is 106 Å². The molecule has 0 radical (unpaired) electrons. The van der Waals surface area contributed by atoms with Crippen LogP contribution in [0.3, 0.4) is 0 Å². The largest absolute Gasteiger partial charge is 0.477 e. The fourth-order valence-corrected chi connectivity index (χ4v) is 2.72. The second kappa shape index (κ2) is 5.26. The minimum absolute atomic E-state index is 0.0914. The summed E-state index contributed by atoms with van der Waals surface area (Å²) in [7, 11) is -0.831. The van der Waals surface area contributed by atoms with Crippen molar-refractivity contribution in [3.8, 4) is 0 Å². The quantitative estimate of drug-likeness (QED) is 0.814. The molecular weight excluding hydrogens is 256 g/mol. The fourth-order valence-electron chi connectivity index (χ4n) is 1.67. The van der Waals surface area contributed by atoms with E-state index < -0.39 is 16.8 Å². The van der Waals surface area contributed by atoms with E-state index in [1.54, 1.807) is 4.90 Å². The molecule has 1 aromatic rings. The first-order valence-electron chi connectivity index (χ1n) is 5.41. The zero-order valence-corrected chi connectivity index (χ0v) is 10.4. The molecule has 1 aliphatic rings. The van der Waals surface area contributed by atoms with E-state index in [9.17, 15) is 13.8 Å². The number of carbonyl (C=O) groups excluding carboxylic acids is 1. The second-order valence-corrected chi connectivity index (χ2v) is 5.57. The number of nitrogens with zero attached hydrogens (tertiary/aromatic N) is 2. The highest BCUT2D eigenvalue weighted by atomic mass is 32.2. The summed E-state index contributed by atoms with van der Waals surface area (Å²) < 4.78 is 11.2. The molecule has 0 spiro atoms. The van der Waals surface area contributed by atoms with E-state index in [0.29, 0.717) is 30.2 Å². The van der Waals surface area contributed by atoms with Crippen LogP contribution in [0.15, 0.2) is 18.3 Å². The van der Waals surface area contributed by atoms with Crippen LogP contribution in [-0.2, 0) is 10.8 Å². The molecular formula is C11H12N2O4S. The van der Waals surface area contributed by atoms with Crippen LogP contribution in [0.4, 0.5) is 0 Å². The SMILES string of the molecule is O=C(O)c1ccc(C(=O)N2CCS(=O)CC2)cn1. The first kappa shape index (κ1) is 12.7. The summed E-state index contributed by atoms with van der Waals surface area (Å²) in [6, 6.07) is 2.75. The molecule has 0 aromatic carbocycles. The summed E-state index contributed by atoms with van der Waals surface area (Å²) in [5.41, 5.74) is 0.263. The number of amides is 1. The monoisotopic (exact) mass is 268 g/mol. The summed E-state index contributed by atoms with van der Waals surface area (Å²) >= 11 is 0. The first-order valence-corrected chi connectivity index (χ1v) is 6.90. The molecule has 0 bridgehead atoms. The number of aromatic carboxylic acids is 1. The van der Waals surface area contributed by atoms with Gasteiger partial charge in [-0.25, -0.2) is 9.78 Å². The van der Waals surface area contributed by atoms with Gasteiger partial charge in [-0.05, 0) is 12.1 Å². The highest BCUT2D eigenvalue weighted by Crippen LogP contribution is 2.08. The van der Waals surface area contributed by atoms with E-state index in [1.165, 1.54) is 18.3 Å². The van der Waals surface area contributed by atoms with E-state index in [2.05, 4.69) is 4.98 Å². The van der Waals surface area contributed by atoms with Gasteiger partial charge in [0.15, 0.2) is 0 Å². The molecule has 0 saturated carbocycles. The Morgan fingerprint density at radius 2 is 1.94 bits per heavy atom. The van der Waals surface area contributed by atoms with E-state index >= 15 is 0 Å². The van der Waals surface area contributed by atoms with Gasteiger partial charge in [0.25, 0.3) is 5.91 Å².